The van der Waals surface area contributed by atoms with Crippen LogP contribution in [-0.4, -0.2) is 10.8 Å². The highest BCUT2D eigenvalue weighted by Crippen LogP contribution is 2.37. The number of benzene rings is 3. The Morgan fingerprint density at radius 3 is 2.36 bits per heavy atom. The monoisotopic (exact) mass is 281 g/mol. The average Bonchev–Trinajstić information content (AvgIpc) is 2.86. The molecule has 0 saturated carbocycles. The van der Waals surface area contributed by atoms with Crippen molar-refractivity contribution in [3.8, 4) is 11.3 Å². The third-order valence-corrected chi connectivity index (χ3v) is 4.40. The van der Waals surface area contributed by atoms with Crippen LogP contribution in [0.4, 0.5) is 0 Å². The van der Waals surface area contributed by atoms with Crippen molar-refractivity contribution < 1.29 is 4.79 Å². The van der Waals surface area contributed by atoms with Crippen LogP contribution in [0.3, 0.4) is 0 Å². The lowest BCUT2D eigenvalue weighted by Crippen LogP contribution is -1.95. The second-order valence-corrected chi connectivity index (χ2v) is 5.61. The summed E-state index contributed by atoms with van der Waals surface area (Å²) in [4.78, 5) is 17.4. The van der Waals surface area contributed by atoms with E-state index < -0.39 is 0 Å². The minimum absolute atomic E-state index is 0.0768. The molecule has 3 aromatic carbocycles. The molecule has 0 fully saturated rings. The number of fused-ring (bicyclic) bond motifs is 6. The van der Waals surface area contributed by atoms with Gasteiger partial charge in [-0.25, -0.2) is 4.98 Å². The van der Waals surface area contributed by atoms with Gasteiger partial charge in [0.05, 0.1) is 11.2 Å². The van der Waals surface area contributed by atoms with Crippen molar-refractivity contribution in [3.63, 3.8) is 0 Å². The summed E-state index contributed by atoms with van der Waals surface area (Å²) < 4.78 is 0. The molecule has 0 atom stereocenters. The molecule has 0 radical (unpaired) electrons. The SMILES string of the molecule is O=C1c2ccccc2-c2nc3ccc4ccccc4c3cc21. The topological polar surface area (TPSA) is 30.0 Å². The number of ketones is 1. The van der Waals surface area contributed by atoms with Crippen molar-refractivity contribution in [2.75, 3.05) is 0 Å². The molecule has 102 valence electrons. The maximum atomic E-state index is 12.6. The van der Waals surface area contributed by atoms with Gasteiger partial charge in [0, 0.05) is 22.1 Å². The van der Waals surface area contributed by atoms with Gasteiger partial charge in [-0.05, 0) is 22.9 Å². The fourth-order valence-corrected chi connectivity index (χ4v) is 3.34. The molecule has 0 saturated heterocycles. The van der Waals surface area contributed by atoms with E-state index in [9.17, 15) is 4.79 Å². The minimum atomic E-state index is 0.0768. The molecular formula is C20H11NO. The molecule has 4 aromatic rings. The van der Waals surface area contributed by atoms with Gasteiger partial charge in [-0.15, -0.1) is 0 Å². The van der Waals surface area contributed by atoms with Crippen LogP contribution in [0.25, 0.3) is 32.9 Å². The van der Waals surface area contributed by atoms with Crippen molar-refractivity contribution >= 4 is 27.5 Å². The van der Waals surface area contributed by atoms with Crippen molar-refractivity contribution in [3.05, 3.63) is 77.9 Å². The first kappa shape index (κ1) is 11.6. The van der Waals surface area contributed by atoms with Gasteiger partial charge < -0.3 is 0 Å². The Bertz CT molecular complexity index is 1100. The number of hydrogen-bond acceptors (Lipinski definition) is 2. The number of rotatable bonds is 0. The number of nitrogens with zero attached hydrogens (tertiary/aromatic N) is 1. The lowest BCUT2D eigenvalue weighted by Gasteiger charge is -2.06. The summed E-state index contributed by atoms with van der Waals surface area (Å²) in [6.07, 6.45) is 0. The van der Waals surface area contributed by atoms with Crippen molar-refractivity contribution in [1.82, 2.24) is 4.98 Å². The summed E-state index contributed by atoms with van der Waals surface area (Å²) in [6, 6.07) is 22.0. The van der Waals surface area contributed by atoms with Crippen LogP contribution in [0, 0.1) is 0 Å². The zero-order valence-electron chi connectivity index (χ0n) is 11.7. The maximum absolute atomic E-state index is 12.6. The summed E-state index contributed by atoms with van der Waals surface area (Å²) >= 11 is 0. The van der Waals surface area contributed by atoms with E-state index in [1.165, 1.54) is 5.39 Å². The summed E-state index contributed by atoms with van der Waals surface area (Å²) in [5, 5.41) is 3.34. The van der Waals surface area contributed by atoms with E-state index in [-0.39, 0.29) is 5.78 Å². The van der Waals surface area contributed by atoms with Gasteiger partial charge in [0.15, 0.2) is 5.78 Å². The van der Waals surface area contributed by atoms with Gasteiger partial charge in [-0.3, -0.25) is 4.79 Å². The van der Waals surface area contributed by atoms with E-state index in [1.807, 2.05) is 48.5 Å². The van der Waals surface area contributed by atoms with E-state index >= 15 is 0 Å². The predicted molar refractivity (Wildman–Crippen MR) is 88.1 cm³/mol. The Labute approximate surface area is 127 Å². The fraction of sp³-hybridized carbons (Fsp3) is 0. The summed E-state index contributed by atoms with van der Waals surface area (Å²) in [6.45, 7) is 0. The molecule has 5 rings (SSSR count). The summed E-state index contributed by atoms with van der Waals surface area (Å²) in [5.74, 6) is 0.0768. The molecule has 1 heterocycles. The van der Waals surface area contributed by atoms with Gasteiger partial charge >= 0.3 is 0 Å². The molecular weight excluding hydrogens is 270 g/mol. The Kier molecular flexibility index (Phi) is 2.12. The highest BCUT2D eigenvalue weighted by molar-refractivity contribution is 6.23. The van der Waals surface area contributed by atoms with E-state index in [2.05, 4.69) is 18.2 Å². The Hall–Kier alpha value is -3.00. The third-order valence-electron chi connectivity index (χ3n) is 4.40. The normalized spacial score (nSPS) is 12.6. The molecule has 1 aliphatic carbocycles. The van der Waals surface area contributed by atoms with Crippen molar-refractivity contribution in [2.24, 2.45) is 0 Å². The molecule has 22 heavy (non-hydrogen) atoms. The fourth-order valence-electron chi connectivity index (χ4n) is 3.34. The van der Waals surface area contributed by atoms with Crippen molar-refractivity contribution in [1.29, 1.82) is 0 Å². The van der Waals surface area contributed by atoms with Gasteiger partial charge in [0.2, 0.25) is 0 Å². The molecule has 0 bridgehead atoms. The molecule has 1 aliphatic rings. The van der Waals surface area contributed by atoms with Crippen LogP contribution in [0.1, 0.15) is 15.9 Å². The minimum Gasteiger partial charge on any atom is -0.289 e. The van der Waals surface area contributed by atoms with Crippen LogP contribution >= 0.6 is 0 Å². The van der Waals surface area contributed by atoms with E-state index in [1.54, 1.807) is 0 Å². The highest BCUT2D eigenvalue weighted by Gasteiger charge is 2.28. The number of hydrogen-bond donors (Lipinski definition) is 0. The predicted octanol–water partition coefficient (Wildman–Crippen LogP) is 4.60. The lowest BCUT2D eigenvalue weighted by atomic mass is 10.0. The first-order valence-electron chi connectivity index (χ1n) is 7.29. The molecule has 0 unspecified atom stereocenters. The number of pyridine rings is 1. The molecule has 2 nitrogen and oxygen atoms in total. The van der Waals surface area contributed by atoms with Crippen LogP contribution in [0.2, 0.25) is 0 Å². The largest absolute Gasteiger partial charge is 0.289 e. The van der Waals surface area contributed by atoms with E-state index in [4.69, 9.17) is 4.98 Å². The van der Waals surface area contributed by atoms with Gasteiger partial charge in [0.25, 0.3) is 0 Å². The zero-order chi connectivity index (χ0) is 14.7. The molecule has 0 amide bonds. The quantitative estimate of drug-likeness (QED) is 0.388. The molecule has 0 N–H and O–H groups in total. The summed E-state index contributed by atoms with van der Waals surface area (Å²) in [7, 11) is 0. The van der Waals surface area contributed by atoms with Gasteiger partial charge in [-0.2, -0.15) is 0 Å². The molecule has 2 heteroatoms. The Balaban J connectivity index is 1.94. The van der Waals surface area contributed by atoms with Crippen molar-refractivity contribution in [2.45, 2.75) is 0 Å². The Morgan fingerprint density at radius 2 is 1.45 bits per heavy atom. The van der Waals surface area contributed by atoms with Crippen LogP contribution in [0.5, 0.6) is 0 Å². The van der Waals surface area contributed by atoms with Crippen LogP contribution in [0.15, 0.2) is 66.7 Å². The smallest absolute Gasteiger partial charge is 0.195 e. The van der Waals surface area contributed by atoms with Gasteiger partial charge in [0.1, 0.15) is 0 Å². The Morgan fingerprint density at radius 1 is 0.682 bits per heavy atom. The first-order valence-corrected chi connectivity index (χ1v) is 7.29. The molecule has 0 spiro atoms. The molecule has 0 aliphatic heterocycles. The third kappa shape index (κ3) is 1.39. The maximum Gasteiger partial charge on any atom is 0.195 e. The van der Waals surface area contributed by atoms with Crippen LogP contribution < -0.4 is 0 Å². The average molecular weight is 281 g/mol. The molecule has 1 aromatic heterocycles. The number of carbonyl (C=O) groups excluding carboxylic acids is 1. The number of aromatic nitrogens is 1. The summed E-state index contributed by atoms with van der Waals surface area (Å²) in [5.41, 5.74) is 4.15. The zero-order valence-corrected chi connectivity index (χ0v) is 11.7. The second kappa shape index (κ2) is 4.01. The van der Waals surface area contributed by atoms with E-state index in [0.29, 0.717) is 5.56 Å². The second-order valence-electron chi connectivity index (χ2n) is 5.61. The number of carbonyl (C=O) groups is 1. The van der Waals surface area contributed by atoms with Crippen LogP contribution in [-0.2, 0) is 0 Å². The van der Waals surface area contributed by atoms with Gasteiger partial charge in [-0.1, -0.05) is 54.6 Å². The first-order chi connectivity index (χ1) is 10.8. The van der Waals surface area contributed by atoms with E-state index in [0.717, 1.165) is 33.1 Å². The highest BCUT2D eigenvalue weighted by atomic mass is 16.1. The lowest BCUT2D eigenvalue weighted by molar-refractivity contribution is 0.104. The standard InChI is InChI=1S/C20H11NO/c22-20-15-8-4-3-7-14(15)19-17(20)11-16-13-6-2-1-5-12(13)9-10-18(16)21-19/h1-11H.